The van der Waals surface area contributed by atoms with Crippen LogP contribution in [0.2, 0.25) is 0 Å². The summed E-state index contributed by atoms with van der Waals surface area (Å²) in [5, 5.41) is 6.92. The van der Waals surface area contributed by atoms with Gasteiger partial charge in [0, 0.05) is 23.2 Å². The Balaban J connectivity index is 1.47. The fourth-order valence-electron chi connectivity index (χ4n) is 3.96. The molecule has 0 radical (unpaired) electrons. The smallest absolute Gasteiger partial charge is 0.128 e. The number of rotatable bonds is 2. The summed E-state index contributed by atoms with van der Waals surface area (Å²) in [5.41, 5.74) is 7.89. The molecule has 2 atom stereocenters. The first-order chi connectivity index (χ1) is 12.2. The van der Waals surface area contributed by atoms with E-state index in [1.165, 1.54) is 33.4 Å². The highest BCUT2D eigenvalue weighted by molar-refractivity contribution is 6.02. The molecule has 0 fully saturated rings. The van der Waals surface area contributed by atoms with Crippen LogP contribution in [0.4, 0.5) is 0 Å². The molecule has 1 aliphatic carbocycles. The number of aliphatic imine (C=N–C) groups is 2. The van der Waals surface area contributed by atoms with Crippen LogP contribution in [-0.4, -0.2) is 36.8 Å². The molecule has 2 unspecified atom stereocenters. The lowest BCUT2D eigenvalue weighted by molar-refractivity contribution is 0.726. The number of benzene rings is 2. The maximum absolute atomic E-state index is 4.62. The molecular formula is C21H22N4. The van der Waals surface area contributed by atoms with Crippen LogP contribution in [-0.2, 0) is 6.42 Å². The molecule has 2 aromatic rings. The van der Waals surface area contributed by atoms with Crippen molar-refractivity contribution in [1.82, 2.24) is 10.6 Å². The van der Waals surface area contributed by atoms with E-state index in [1.807, 2.05) is 0 Å². The van der Waals surface area contributed by atoms with Crippen molar-refractivity contribution in [3.8, 4) is 11.1 Å². The molecule has 4 nitrogen and oxygen atoms in total. The quantitative estimate of drug-likeness (QED) is 0.759. The lowest BCUT2D eigenvalue weighted by Crippen LogP contribution is -2.27. The van der Waals surface area contributed by atoms with E-state index in [0.29, 0.717) is 12.1 Å². The summed E-state index contributed by atoms with van der Waals surface area (Å²) in [7, 11) is 0. The van der Waals surface area contributed by atoms with Gasteiger partial charge in [0.2, 0.25) is 0 Å². The highest BCUT2D eigenvalue weighted by atomic mass is 15.1. The van der Waals surface area contributed by atoms with Gasteiger partial charge in [0.25, 0.3) is 0 Å². The van der Waals surface area contributed by atoms with Gasteiger partial charge in [0.1, 0.15) is 11.7 Å². The van der Waals surface area contributed by atoms with Crippen molar-refractivity contribution in [2.75, 3.05) is 13.1 Å². The summed E-state index contributed by atoms with van der Waals surface area (Å²) >= 11 is 0. The molecule has 126 valence electrons. The van der Waals surface area contributed by atoms with Crippen LogP contribution in [0.15, 0.2) is 46.4 Å². The van der Waals surface area contributed by atoms with Crippen LogP contribution in [0.5, 0.6) is 0 Å². The van der Waals surface area contributed by atoms with Crippen molar-refractivity contribution in [2.24, 2.45) is 9.98 Å². The van der Waals surface area contributed by atoms with Gasteiger partial charge in [0.05, 0.1) is 13.1 Å². The minimum atomic E-state index is 0.435. The molecule has 0 saturated heterocycles. The third-order valence-corrected chi connectivity index (χ3v) is 5.24. The Bertz CT molecular complexity index is 850. The topological polar surface area (TPSA) is 48.8 Å². The molecule has 0 amide bonds. The van der Waals surface area contributed by atoms with E-state index in [9.17, 15) is 0 Å². The van der Waals surface area contributed by atoms with Gasteiger partial charge < -0.3 is 10.6 Å². The van der Waals surface area contributed by atoms with E-state index in [1.54, 1.807) is 0 Å². The Kier molecular flexibility index (Phi) is 3.20. The molecule has 2 aliphatic heterocycles. The number of hydrogen-bond acceptors (Lipinski definition) is 4. The van der Waals surface area contributed by atoms with Crippen LogP contribution in [0, 0.1) is 0 Å². The van der Waals surface area contributed by atoms with E-state index in [2.05, 4.69) is 70.9 Å². The fraction of sp³-hybridized carbons (Fsp3) is 0.333. The van der Waals surface area contributed by atoms with Crippen LogP contribution in [0.1, 0.15) is 36.1 Å². The highest BCUT2D eigenvalue weighted by Gasteiger charge is 2.23. The second-order valence-corrected chi connectivity index (χ2v) is 7.39. The molecule has 0 saturated carbocycles. The van der Waals surface area contributed by atoms with Crippen LogP contribution in [0.3, 0.4) is 0 Å². The van der Waals surface area contributed by atoms with Crippen molar-refractivity contribution in [2.45, 2.75) is 32.4 Å². The molecule has 5 rings (SSSR count). The zero-order valence-corrected chi connectivity index (χ0v) is 14.6. The normalized spacial score (nSPS) is 23.4. The molecule has 2 heterocycles. The van der Waals surface area contributed by atoms with Crippen molar-refractivity contribution >= 4 is 11.7 Å². The predicted octanol–water partition coefficient (Wildman–Crippen LogP) is 2.73. The Labute approximate surface area is 148 Å². The second kappa shape index (κ2) is 5.45. The number of nitrogens with zero attached hydrogens (tertiary/aromatic N) is 2. The number of fused-ring (bicyclic) bond motifs is 3. The lowest BCUT2D eigenvalue weighted by atomic mass is 10.0. The Morgan fingerprint density at radius 2 is 1.24 bits per heavy atom. The monoisotopic (exact) mass is 330 g/mol. The average molecular weight is 330 g/mol. The Hall–Kier alpha value is -2.62. The number of hydrogen-bond donors (Lipinski definition) is 2. The standard InChI is InChI=1S/C21H22N4/c1-12-10-22-20(24-12)14-3-5-18-16(7-14)9-17-8-15(4-6-19(17)18)21-23-11-13(2)25-21/h3-8,12-13H,9-11H2,1-2H3,(H,22,24)(H,23,25). The van der Waals surface area contributed by atoms with Crippen molar-refractivity contribution in [1.29, 1.82) is 0 Å². The van der Waals surface area contributed by atoms with Crippen molar-refractivity contribution < 1.29 is 0 Å². The van der Waals surface area contributed by atoms with Gasteiger partial charge in [-0.2, -0.15) is 0 Å². The van der Waals surface area contributed by atoms with Crippen LogP contribution in [0.25, 0.3) is 11.1 Å². The zero-order chi connectivity index (χ0) is 17.0. The van der Waals surface area contributed by atoms with E-state index in [0.717, 1.165) is 31.2 Å². The first kappa shape index (κ1) is 14.7. The molecule has 25 heavy (non-hydrogen) atoms. The molecule has 0 aromatic heterocycles. The summed E-state index contributed by atoms with van der Waals surface area (Å²) in [5.74, 6) is 2.07. The summed E-state index contributed by atoms with van der Waals surface area (Å²) in [6.07, 6.45) is 0.984. The van der Waals surface area contributed by atoms with Gasteiger partial charge in [-0.25, -0.2) is 0 Å². The maximum Gasteiger partial charge on any atom is 0.128 e. The van der Waals surface area contributed by atoms with Gasteiger partial charge in [-0.3, -0.25) is 9.98 Å². The fourth-order valence-corrected chi connectivity index (χ4v) is 3.96. The van der Waals surface area contributed by atoms with Gasteiger partial charge in [-0.1, -0.05) is 24.3 Å². The van der Waals surface area contributed by atoms with E-state index < -0.39 is 0 Å². The van der Waals surface area contributed by atoms with Crippen LogP contribution >= 0.6 is 0 Å². The van der Waals surface area contributed by atoms with E-state index in [4.69, 9.17) is 0 Å². The number of amidine groups is 2. The SMILES string of the molecule is CC1CN=C(c2ccc3c(c2)Cc2cc(C4=NCC(C)N4)ccc2-3)N1. The first-order valence-electron chi connectivity index (χ1n) is 9.06. The van der Waals surface area contributed by atoms with Gasteiger partial charge in [-0.05, 0) is 54.7 Å². The predicted molar refractivity (Wildman–Crippen MR) is 103 cm³/mol. The molecule has 0 spiro atoms. The van der Waals surface area contributed by atoms with Gasteiger partial charge in [0.15, 0.2) is 0 Å². The number of nitrogens with one attached hydrogen (secondary N) is 2. The Morgan fingerprint density at radius 3 is 1.64 bits per heavy atom. The van der Waals surface area contributed by atoms with Gasteiger partial charge in [-0.15, -0.1) is 0 Å². The summed E-state index contributed by atoms with van der Waals surface area (Å²) < 4.78 is 0. The molecule has 4 heteroatoms. The zero-order valence-electron chi connectivity index (χ0n) is 14.6. The average Bonchev–Trinajstić information content (AvgIpc) is 3.31. The third-order valence-electron chi connectivity index (χ3n) is 5.24. The second-order valence-electron chi connectivity index (χ2n) is 7.39. The van der Waals surface area contributed by atoms with Crippen LogP contribution < -0.4 is 10.6 Å². The summed E-state index contributed by atoms with van der Waals surface area (Å²) in [4.78, 5) is 9.23. The van der Waals surface area contributed by atoms with Crippen molar-refractivity contribution in [3.63, 3.8) is 0 Å². The van der Waals surface area contributed by atoms with E-state index in [-0.39, 0.29) is 0 Å². The highest BCUT2D eigenvalue weighted by Crippen LogP contribution is 2.37. The molecular weight excluding hydrogens is 308 g/mol. The summed E-state index contributed by atoms with van der Waals surface area (Å²) in [6, 6.07) is 14.3. The Morgan fingerprint density at radius 1 is 0.760 bits per heavy atom. The van der Waals surface area contributed by atoms with Crippen molar-refractivity contribution in [3.05, 3.63) is 58.7 Å². The minimum Gasteiger partial charge on any atom is -0.366 e. The minimum absolute atomic E-state index is 0.435. The largest absolute Gasteiger partial charge is 0.366 e. The molecule has 0 bridgehead atoms. The third kappa shape index (κ3) is 2.44. The molecule has 2 N–H and O–H groups in total. The first-order valence-corrected chi connectivity index (χ1v) is 9.06. The van der Waals surface area contributed by atoms with E-state index >= 15 is 0 Å². The summed E-state index contributed by atoms with van der Waals surface area (Å²) in [6.45, 7) is 6.07. The molecule has 2 aromatic carbocycles. The molecule has 3 aliphatic rings. The maximum atomic E-state index is 4.62. The van der Waals surface area contributed by atoms with Gasteiger partial charge >= 0.3 is 0 Å². The lowest BCUT2D eigenvalue weighted by Gasteiger charge is -2.09.